The van der Waals surface area contributed by atoms with Crippen molar-refractivity contribution in [2.75, 3.05) is 51.4 Å². The van der Waals surface area contributed by atoms with Gasteiger partial charge < -0.3 is 20.7 Å². The first-order valence-electron chi connectivity index (χ1n) is 6.58. The zero-order valence-electron chi connectivity index (χ0n) is 12.3. The minimum atomic E-state index is 0.272. The van der Waals surface area contributed by atoms with Gasteiger partial charge in [0.15, 0.2) is 0 Å². The van der Waals surface area contributed by atoms with Crippen LogP contribution in [0.3, 0.4) is 0 Å². The number of ether oxygens (including phenoxy) is 1. The SMILES string of the molecule is COCCN(C)CCNc1cc(N)nc(C(C)C)n1. The first kappa shape index (κ1) is 15.7. The van der Waals surface area contributed by atoms with Crippen LogP contribution in [0.2, 0.25) is 0 Å². The van der Waals surface area contributed by atoms with Gasteiger partial charge in [-0.1, -0.05) is 13.8 Å². The second-order valence-electron chi connectivity index (χ2n) is 4.91. The second kappa shape index (κ2) is 7.91. The van der Waals surface area contributed by atoms with Gasteiger partial charge in [-0.2, -0.15) is 0 Å². The minimum Gasteiger partial charge on any atom is -0.384 e. The lowest BCUT2D eigenvalue weighted by Crippen LogP contribution is -2.28. The Morgan fingerprint density at radius 1 is 1.37 bits per heavy atom. The summed E-state index contributed by atoms with van der Waals surface area (Å²) in [5.74, 6) is 2.34. The highest BCUT2D eigenvalue weighted by Crippen LogP contribution is 2.14. The molecule has 0 spiro atoms. The van der Waals surface area contributed by atoms with Crippen molar-refractivity contribution in [2.24, 2.45) is 0 Å². The molecule has 6 heteroatoms. The monoisotopic (exact) mass is 267 g/mol. The van der Waals surface area contributed by atoms with E-state index in [0.717, 1.165) is 37.9 Å². The van der Waals surface area contributed by atoms with Gasteiger partial charge in [-0.3, -0.25) is 0 Å². The lowest BCUT2D eigenvalue weighted by Gasteiger charge is -2.16. The Bertz CT molecular complexity index is 383. The predicted molar refractivity (Wildman–Crippen MR) is 78.4 cm³/mol. The molecular weight excluding hydrogens is 242 g/mol. The molecule has 0 fully saturated rings. The van der Waals surface area contributed by atoms with E-state index >= 15 is 0 Å². The molecule has 0 unspecified atom stereocenters. The van der Waals surface area contributed by atoms with Crippen LogP contribution in [-0.4, -0.2) is 55.3 Å². The normalized spacial score (nSPS) is 11.3. The smallest absolute Gasteiger partial charge is 0.135 e. The van der Waals surface area contributed by atoms with Crippen LogP contribution >= 0.6 is 0 Å². The summed E-state index contributed by atoms with van der Waals surface area (Å²) < 4.78 is 5.04. The topological polar surface area (TPSA) is 76.3 Å². The average Bonchev–Trinajstić information content (AvgIpc) is 2.35. The number of nitrogen functional groups attached to an aromatic ring is 1. The Morgan fingerprint density at radius 2 is 2.11 bits per heavy atom. The lowest BCUT2D eigenvalue weighted by atomic mass is 10.2. The molecule has 0 amide bonds. The van der Waals surface area contributed by atoms with Crippen molar-refractivity contribution < 1.29 is 4.74 Å². The number of hydrogen-bond donors (Lipinski definition) is 2. The van der Waals surface area contributed by atoms with Gasteiger partial charge in [0.1, 0.15) is 17.5 Å². The van der Waals surface area contributed by atoms with Gasteiger partial charge in [0.25, 0.3) is 0 Å². The van der Waals surface area contributed by atoms with E-state index in [9.17, 15) is 0 Å². The van der Waals surface area contributed by atoms with Crippen LogP contribution < -0.4 is 11.1 Å². The van der Waals surface area contributed by atoms with Crippen LogP contribution in [0, 0.1) is 0 Å². The molecule has 19 heavy (non-hydrogen) atoms. The average molecular weight is 267 g/mol. The predicted octanol–water partition coefficient (Wildman–Crippen LogP) is 1.17. The van der Waals surface area contributed by atoms with Gasteiger partial charge in [0.2, 0.25) is 0 Å². The van der Waals surface area contributed by atoms with Gasteiger partial charge >= 0.3 is 0 Å². The quantitative estimate of drug-likeness (QED) is 0.736. The van der Waals surface area contributed by atoms with Crippen molar-refractivity contribution in [3.05, 3.63) is 11.9 Å². The summed E-state index contributed by atoms with van der Waals surface area (Å²) in [6, 6.07) is 1.76. The highest BCUT2D eigenvalue weighted by Gasteiger charge is 2.06. The van der Waals surface area contributed by atoms with Gasteiger partial charge in [-0.15, -0.1) is 0 Å². The Labute approximate surface area is 115 Å². The largest absolute Gasteiger partial charge is 0.384 e. The van der Waals surface area contributed by atoms with Crippen LogP contribution in [0.5, 0.6) is 0 Å². The molecule has 6 nitrogen and oxygen atoms in total. The second-order valence-corrected chi connectivity index (χ2v) is 4.91. The van der Waals surface area contributed by atoms with E-state index in [1.54, 1.807) is 13.2 Å². The van der Waals surface area contributed by atoms with Gasteiger partial charge in [0.05, 0.1) is 6.61 Å². The van der Waals surface area contributed by atoms with E-state index in [1.165, 1.54) is 0 Å². The van der Waals surface area contributed by atoms with E-state index in [0.29, 0.717) is 5.82 Å². The summed E-state index contributed by atoms with van der Waals surface area (Å²) in [5, 5.41) is 3.27. The molecule has 0 saturated carbocycles. The molecule has 1 aromatic rings. The van der Waals surface area contributed by atoms with Crippen molar-refractivity contribution in [2.45, 2.75) is 19.8 Å². The van der Waals surface area contributed by atoms with E-state index in [1.807, 2.05) is 0 Å². The molecule has 0 bridgehead atoms. The Balaban J connectivity index is 2.44. The van der Waals surface area contributed by atoms with Crippen molar-refractivity contribution in [1.29, 1.82) is 0 Å². The molecule has 0 aromatic carbocycles. The summed E-state index contributed by atoms with van der Waals surface area (Å²) in [6.45, 7) is 7.50. The third-order valence-corrected chi connectivity index (χ3v) is 2.76. The molecule has 1 heterocycles. The molecule has 3 N–H and O–H groups in total. The molecule has 108 valence electrons. The fraction of sp³-hybridized carbons (Fsp3) is 0.692. The fourth-order valence-corrected chi connectivity index (χ4v) is 1.57. The van der Waals surface area contributed by atoms with Crippen LogP contribution in [-0.2, 0) is 4.74 Å². The maximum Gasteiger partial charge on any atom is 0.135 e. The number of rotatable bonds is 8. The van der Waals surface area contributed by atoms with E-state index in [2.05, 4.69) is 41.1 Å². The number of aromatic nitrogens is 2. The Kier molecular flexibility index (Phi) is 6.52. The lowest BCUT2D eigenvalue weighted by molar-refractivity contribution is 0.163. The van der Waals surface area contributed by atoms with Crippen LogP contribution in [0.1, 0.15) is 25.6 Å². The van der Waals surface area contributed by atoms with Crippen molar-refractivity contribution in [3.8, 4) is 0 Å². The van der Waals surface area contributed by atoms with Gasteiger partial charge in [0, 0.05) is 38.7 Å². The molecular formula is C13H25N5O. The fourth-order valence-electron chi connectivity index (χ4n) is 1.57. The maximum absolute atomic E-state index is 5.78. The molecule has 1 rings (SSSR count). The number of hydrogen-bond acceptors (Lipinski definition) is 6. The van der Waals surface area contributed by atoms with Crippen LogP contribution in [0.15, 0.2) is 6.07 Å². The zero-order valence-corrected chi connectivity index (χ0v) is 12.3. The Morgan fingerprint density at radius 3 is 2.74 bits per heavy atom. The summed E-state index contributed by atoms with van der Waals surface area (Å²) in [4.78, 5) is 10.9. The van der Waals surface area contributed by atoms with Gasteiger partial charge in [-0.05, 0) is 7.05 Å². The molecule has 0 aliphatic heterocycles. The number of nitrogens with one attached hydrogen (secondary N) is 1. The van der Waals surface area contributed by atoms with Gasteiger partial charge in [-0.25, -0.2) is 9.97 Å². The Hall–Kier alpha value is -1.40. The highest BCUT2D eigenvalue weighted by molar-refractivity contribution is 5.44. The van der Waals surface area contributed by atoms with E-state index < -0.39 is 0 Å². The summed E-state index contributed by atoms with van der Waals surface area (Å²) >= 11 is 0. The minimum absolute atomic E-state index is 0.272. The first-order chi connectivity index (χ1) is 9.02. The zero-order chi connectivity index (χ0) is 14.3. The number of methoxy groups -OCH3 is 1. The van der Waals surface area contributed by atoms with Crippen molar-refractivity contribution >= 4 is 11.6 Å². The molecule has 0 saturated heterocycles. The van der Waals surface area contributed by atoms with Crippen molar-refractivity contribution in [3.63, 3.8) is 0 Å². The van der Waals surface area contributed by atoms with Crippen molar-refractivity contribution in [1.82, 2.24) is 14.9 Å². The maximum atomic E-state index is 5.78. The molecule has 0 aliphatic rings. The number of nitrogens with two attached hydrogens (primary N) is 1. The summed E-state index contributed by atoms with van der Waals surface area (Å²) in [7, 11) is 3.78. The van der Waals surface area contributed by atoms with E-state index in [4.69, 9.17) is 10.5 Å². The number of likely N-dealkylation sites (N-methyl/N-ethyl adjacent to an activating group) is 1. The summed E-state index contributed by atoms with van der Waals surface area (Å²) in [5.41, 5.74) is 5.78. The van der Waals surface area contributed by atoms with Crippen LogP contribution in [0.4, 0.5) is 11.6 Å². The third kappa shape index (κ3) is 5.85. The van der Waals surface area contributed by atoms with E-state index in [-0.39, 0.29) is 5.92 Å². The number of nitrogens with zero attached hydrogens (tertiary/aromatic N) is 3. The molecule has 0 aliphatic carbocycles. The van der Waals surface area contributed by atoms with Crippen LogP contribution in [0.25, 0.3) is 0 Å². The number of anilines is 2. The standard InChI is InChI=1S/C13H25N5O/c1-10(2)13-16-11(14)9-12(17-13)15-5-6-18(3)7-8-19-4/h9-10H,5-8H2,1-4H3,(H3,14,15,16,17). The highest BCUT2D eigenvalue weighted by atomic mass is 16.5. The first-order valence-corrected chi connectivity index (χ1v) is 6.58. The molecule has 0 atom stereocenters. The summed E-state index contributed by atoms with van der Waals surface area (Å²) in [6.07, 6.45) is 0. The third-order valence-electron chi connectivity index (χ3n) is 2.76. The molecule has 0 radical (unpaired) electrons. The molecule has 1 aromatic heterocycles.